The average Bonchev–Trinajstić information content (AvgIpc) is 3.42. The van der Waals surface area contributed by atoms with E-state index in [9.17, 15) is 9.59 Å². The fraction of sp³-hybridized carbons (Fsp3) is 0.261. The molecular weight excluding hydrogens is 382 g/mol. The normalized spacial score (nSPS) is 15.7. The van der Waals surface area contributed by atoms with Crippen molar-refractivity contribution in [1.82, 2.24) is 9.97 Å². The second kappa shape index (κ2) is 6.73. The summed E-state index contributed by atoms with van der Waals surface area (Å²) < 4.78 is 10.8. The van der Waals surface area contributed by atoms with Crippen molar-refractivity contribution in [2.75, 3.05) is 12.1 Å². The smallest absolute Gasteiger partial charge is 0.247 e. The quantitative estimate of drug-likeness (QED) is 0.696. The molecule has 0 saturated heterocycles. The third-order valence-electron chi connectivity index (χ3n) is 5.94. The van der Waals surface area contributed by atoms with Crippen LogP contribution in [0.5, 0.6) is 11.5 Å². The van der Waals surface area contributed by atoms with Crippen molar-refractivity contribution in [2.45, 2.75) is 32.1 Å². The molecule has 0 unspecified atom stereocenters. The maximum atomic E-state index is 13.2. The van der Waals surface area contributed by atoms with Gasteiger partial charge in [-0.1, -0.05) is 6.07 Å². The predicted molar refractivity (Wildman–Crippen MR) is 112 cm³/mol. The van der Waals surface area contributed by atoms with Gasteiger partial charge in [0.2, 0.25) is 18.3 Å². The van der Waals surface area contributed by atoms with Crippen molar-refractivity contribution in [3.05, 3.63) is 69.6 Å². The van der Waals surface area contributed by atoms with E-state index in [1.807, 2.05) is 38.1 Å². The molecule has 30 heavy (non-hydrogen) atoms. The molecule has 0 radical (unpaired) electrons. The maximum Gasteiger partial charge on any atom is 0.247 e. The van der Waals surface area contributed by atoms with Crippen LogP contribution in [0, 0.1) is 13.8 Å². The summed E-state index contributed by atoms with van der Waals surface area (Å²) in [5, 5.41) is 3.01. The number of aromatic amines is 1. The number of benzene rings is 1. The zero-order valence-corrected chi connectivity index (χ0v) is 16.7. The van der Waals surface area contributed by atoms with Crippen LogP contribution < -0.4 is 20.3 Å². The van der Waals surface area contributed by atoms with Crippen molar-refractivity contribution < 1.29 is 14.3 Å². The van der Waals surface area contributed by atoms with E-state index in [0.717, 1.165) is 40.8 Å². The molecule has 2 N–H and O–H groups in total. The minimum absolute atomic E-state index is 0.0791. The summed E-state index contributed by atoms with van der Waals surface area (Å²) in [6.07, 6.45) is 3.18. The summed E-state index contributed by atoms with van der Waals surface area (Å²) in [4.78, 5) is 31.9. The number of ether oxygens (including phenoxy) is 2. The number of nitrogens with one attached hydrogen (secondary N) is 2. The molecule has 1 fully saturated rings. The number of pyridine rings is 2. The predicted octanol–water partition coefficient (Wildman–Crippen LogP) is 3.45. The fourth-order valence-electron chi connectivity index (χ4n) is 3.84. The van der Waals surface area contributed by atoms with Crippen molar-refractivity contribution in [3.8, 4) is 22.8 Å². The van der Waals surface area contributed by atoms with Gasteiger partial charge in [0.1, 0.15) is 5.82 Å². The minimum atomic E-state index is -0.570. The van der Waals surface area contributed by atoms with Crippen LogP contribution in [0.4, 0.5) is 5.82 Å². The Morgan fingerprint density at radius 2 is 1.90 bits per heavy atom. The van der Waals surface area contributed by atoms with Crippen LogP contribution in [0.3, 0.4) is 0 Å². The molecule has 5 rings (SSSR count). The Morgan fingerprint density at radius 3 is 2.63 bits per heavy atom. The van der Waals surface area contributed by atoms with Crippen molar-refractivity contribution in [2.24, 2.45) is 0 Å². The highest BCUT2D eigenvalue weighted by molar-refractivity contribution is 6.01. The Bertz CT molecular complexity index is 1210. The second-order valence-corrected chi connectivity index (χ2v) is 7.84. The lowest BCUT2D eigenvalue weighted by Crippen LogP contribution is -2.28. The Morgan fingerprint density at radius 1 is 1.10 bits per heavy atom. The number of H-pyrrole nitrogens is 1. The standard InChI is InChI=1S/C23H21N3O4/c1-13-9-19(25-21(14(13)2)15-3-6-20(27)24-11-15)26-22(28)23(7-8-23)16-4-5-17-18(10-16)30-12-29-17/h3-6,9-11H,7-8,12H2,1-2H3,(H,24,27)(H,25,26,28). The first kappa shape index (κ1) is 18.4. The number of rotatable bonds is 4. The Hall–Kier alpha value is -3.61. The molecule has 3 heterocycles. The fourth-order valence-corrected chi connectivity index (χ4v) is 3.84. The highest BCUT2D eigenvalue weighted by Gasteiger charge is 2.51. The van der Waals surface area contributed by atoms with Gasteiger partial charge in [-0.05, 0) is 67.6 Å². The summed E-state index contributed by atoms with van der Waals surface area (Å²) in [5.74, 6) is 1.80. The number of fused-ring (bicyclic) bond motifs is 1. The molecule has 7 heteroatoms. The minimum Gasteiger partial charge on any atom is -0.454 e. The van der Waals surface area contributed by atoms with Crippen LogP contribution in [-0.4, -0.2) is 22.7 Å². The van der Waals surface area contributed by atoms with Crippen molar-refractivity contribution in [1.29, 1.82) is 0 Å². The first-order valence-electron chi connectivity index (χ1n) is 9.85. The molecule has 1 amide bonds. The van der Waals surface area contributed by atoms with Crippen molar-refractivity contribution >= 4 is 11.7 Å². The Kier molecular flexibility index (Phi) is 4.13. The number of aromatic nitrogens is 2. The molecule has 1 aliphatic heterocycles. The van der Waals surface area contributed by atoms with Crippen LogP contribution in [0.2, 0.25) is 0 Å². The van der Waals surface area contributed by atoms with Crippen LogP contribution in [-0.2, 0) is 10.2 Å². The molecule has 0 spiro atoms. The van der Waals surface area contributed by atoms with E-state index in [1.54, 1.807) is 12.3 Å². The van der Waals surface area contributed by atoms with Gasteiger partial charge in [-0.2, -0.15) is 0 Å². The van der Waals surface area contributed by atoms with Gasteiger partial charge in [0.15, 0.2) is 11.5 Å². The van der Waals surface area contributed by atoms with Crippen LogP contribution in [0.15, 0.2) is 47.4 Å². The van der Waals surface area contributed by atoms with Gasteiger partial charge >= 0.3 is 0 Å². The van der Waals surface area contributed by atoms with E-state index in [2.05, 4.69) is 15.3 Å². The number of amides is 1. The number of carbonyl (C=O) groups excluding carboxylic acids is 1. The van der Waals surface area contributed by atoms with E-state index >= 15 is 0 Å². The molecular formula is C23H21N3O4. The molecule has 1 aliphatic carbocycles. The SMILES string of the molecule is Cc1cc(NC(=O)C2(c3ccc4c(c3)OCO4)CC2)nc(-c2ccc(=O)[nH]c2)c1C. The van der Waals surface area contributed by atoms with Gasteiger partial charge in [-0.25, -0.2) is 4.98 Å². The molecule has 0 bridgehead atoms. The van der Waals surface area contributed by atoms with Gasteiger partial charge in [-0.15, -0.1) is 0 Å². The maximum absolute atomic E-state index is 13.2. The van der Waals surface area contributed by atoms with Gasteiger partial charge in [-0.3, -0.25) is 9.59 Å². The van der Waals surface area contributed by atoms with Crippen LogP contribution in [0.1, 0.15) is 29.5 Å². The molecule has 152 valence electrons. The first-order valence-corrected chi connectivity index (χ1v) is 9.85. The second-order valence-electron chi connectivity index (χ2n) is 7.84. The molecule has 2 aliphatic rings. The van der Waals surface area contributed by atoms with Gasteiger partial charge in [0.25, 0.3) is 0 Å². The summed E-state index contributed by atoms with van der Waals surface area (Å²) in [6, 6.07) is 10.8. The van der Waals surface area contributed by atoms with Gasteiger partial charge in [0, 0.05) is 17.8 Å². The monoisotopic (exact) mass is 403 g/mol. The first-order chi connectivity index (χ1) is 14.5. The van der Waals surface area contributed by atoms with E-state index in [4.69, 9.17) is 9.47 Å². The van der Waals surface area contributed by atoms with E-state index in [1.165, 1.54) is 6.07 Å². The third kappa shape index (κ3) is 3.03. The number of hydrogen-bond donors (Lipinski definition) is 2. The average molecular weight is 403 g/mol. The molecule has 2 aromatic heterocycles. The number of aryl methyl sites for hydroxylation is 1. The highest BCUT2D eigenvalue weighted by atomic mass is 16.7. The number of carbonyl (C=O) groups is 1. The Labute approximate surface area is 173 Å². The molecule has 0 atom stereocenters. The summed E-state index contributed by atoms with van der Waals surface area (Å²) >= 11 is 0. The van der Waals surface area contributed by atoms with Crippen molar-refractivity contribution in [3.63, 3.8) is 0 Å². The molecule has 1 aromatic carbocycles. The molecule has 7 nitrogen and oxygen atoms in total. The van der Waals surface area contributed by atoms with E-state index in [-0.39, 0.29) is 18.3 Å². The summed E-state index contributed by atoms with van der Waals surface area (Å²) in [6.45, 7) is 4.16. The number of nitrogens with zero attached hydrogens (tertiary/aromatic N) is 1. The Balaban J connectivity index is 1.45. The lowest BCUT2D eigenvalue weighted by atomic mass is 9.94. The zero-order chi connectivity index (χ0) is 20.9. The van der Waals surface area contributed by atoms with Gasteiger partial charge < -0.3 is 19.8 Å². The number of hydrogen-bond acceptors (Lipinski definition) is 5. The summed E-state index contributed by atoms with van der Waals surface area (Å²) in [7, 11) is 0. The largest absolute Gasteiger partial charge is 0.454 e. The number of anilines is 1. The highest BCUT2D eigenvalue weighted by Crippen LogP contribution is 2.51. The topological polar surface area (TPSA) is 93.3 Å². The summed E-state index contributed by atoms with van der Waals surface area (Å²) in [5.41, 5.74) is 3.72. The molecule has 3 aromatic rings. The van der Waals surface area contributed by atoms with Gasteiger partial charge in [0.05, 0.1) is 11.1 Å². The van der Waals surface area contributed by atoms with E-state index in [0.29, 0.717) is 17.3 Å². The third-order valence-corrected chi connectivity index (χ3v) is 5.94. The lowest BCUT2D eigenvalue weighted by molar-refractivity contribution is -0.118. The zero-order valence-electron chi connectivity index (χ0n) is 16.7. The van der Waals surface area contributed by atoms with E-state index < -0.39 is 5.41 Å². The van der Waals surface area contributed by atoms with Crippen LogP contribution in [0.25, 0.3) is 11.3 Å². The van der Waals surface area contributed by atoms with Crippen LogP contribution >= 0.6 is 0 Å². The lowest BCUT2D eigenvalue weighted by Gasteiger charge is -2.17. The molecule has 1 saturated carbocycles.